The number of amides is 1. The molecule has 0 aliphatic rings. The number of nitrogens with zero attached hydrogens (tertiary/aromatic N) is 1. The summed E-state index contributed by atoms with van der Waals surface area (Å²) in [7, 11) is 1.56. The number of aliphatic carboxylic acids is 1. The minimum Gasteiger partial charge on any atom is -0.480 e. The van der Waals surface area contributed by atoms with E-state index in [-0.39, 0.29) is 13.1 Å². The molecule has 3 N–H and O–H groups in total. The molecule has 0 spiro atoms. The van der Waals surface area contributed by atoms with Gasteiger partial charge in [-0.15, -0.1) is 0 Å². The van der Waals surface area contributed by atoms with E-state index in [1.807, 2.05) is 0 Å². The van der Waals surface area contributed by atoms with Crippen LogP contribution in [0, 0.1) is 0 Å². The van der Waals surface area contributed by atoms with Gasteiger partial charge in [0.05, 0.1) is 32.9 Å². The van der Waals surface area contributed by atoms with Crippen LogP contribution in [0.3, 0.4) is 0 Å². The smallest absolute Gasteiger partial charge is 0.317 e. The van der Waals surface area contributed by atoms with Gasteiger partial charge >= 0.3 is 5.97 Å². The zero-order chi connectivity index (χ0) is 12.4. The van der Waals surface area contributed by atoms with Crippen molar-refractivity contribution in [1.29, 1.82) is 0 Å². The molecule has 0 unspecified atom stereocenters. The minimum absolute atomic E-state index is 0.0834. The molecule has 16 heavy (non-hydrogen) atoms. The molecule has 94 valence electrons. The summed E-state index contributed by atoms with van der Waals surface area (Å²) in [5.74, 6) is -1.56. The Balaban J connectivity index is 3.73. The third kappa shape index (κ3) is 9.38. The number of rotatable bonds is 10. The second-order valence-electron chi connectivity index (χ2n) is 3.18. The van der Waals surface area contributed by atoms with Gasteiger partial charge in [-0.05, 0) is 0 Å². The Morgan fingerprint density at radius 1 is 1.25 bits per heavy atom. The van der Waals surface area contributed by atoms with Gasteiger partial charge in [0.2, 0.25) is 5.91 Å². The van der Waals surface area contributed by atoms with Crippen LogP contribution in [-0.2, 0) is 19.1 Å². The quantitative estimate of drug-likeness (QED) is 0.447. The fourth-order valence-electron chi connectivity index (χ4n) is 1.06. The van der Waals surface area contributed by atoms with Crippen LogP contribution in [0.15, 0.2) is 0 Å². The normalized spacial score (nSPS) is 10.6. The summed E-state index contributed by atoms with van der Waals surface area (Å²) in [5, 5.41) is 8.58. The Labute approximate surface area is 94.1 Å². The summed E-state index contributed by atoms with van der Waals surface area (Å²) >= 11 is 0. The molecule has 7 nitrogen and oxygen atoms in total. The summed E-state index contributed by atoms with van der Waals surface area (Å²) in [6.07, 6.45) is 0. The Morgan fingerprint density at radius 2 is 1.94 bits per heavy atom. The summed E-state index contributed by atoms with van der Waals surface area (Å²) in [4.78, 5) is 22.5. The highest BCUT2D eigenvalue weighted by Gasteiger charge is 2.11. The van der Waals surface area contributed by atoms with Crippen molar-refractivity contribution in [1.82, 2.24) is 4.90 Å². The highest BCUT2D eigenvalue weighted by atomic mass is 16.5. The van der Waals surface area contributed by atoms with Gasteiger partial charge in [0.1, 0.15) is 0 Å². The minimum atomic E-state index is -1.00. The number of hydrogen-bond acceptors (Lipinski definition) is 5. The summed E-state index contributed by atoms with van der Waals surface area (Å²) in [6, 6.07) is 0. The van der Waals surface area contributed by atoms with Crippen LogP contribution >= 0.6 is 0 Å². The maximum Gasteiger partial charge on any atom is 0.317 e. The van der Waals surface area contributed by atoms with Crippen molar-refractivity contribution in [2.75, 3.05) is 46.6 Å². The molecule has 0 saturated heterocycles. The molecule has 0 aliphatic heterocycles. The van der Waals surface area contributed by atoms with Gasteiger partial charge in [-0.2, -0.15) is 0 Å². The first-order chi connectivity index (χ1) is 7.56. The molecule has 0 aliphatic carbocycles. The second-order valence-corrected chi connectivity index (χ2v) is 3.18. The highest BCUT2D eigenvalue weighted by molar-refractivity contribution is 5.77. The van der Waals surface area contributed by atoms with E-state index in [0.717, 1.165) is 0 Å². The Morgan fingerprint density at radius 3 is 2.44 bits per heavy atom. The molecule has 0 bridgehead atoms. The molecule has 0 aromatic heterocycles. The largest absolute Gasteiger partial charge is 0.480 e. The third-order valence-corrected chi connectivity index (χ3v) is 1.72. The molecule has 0 aromatic rings. The Kier molecular flexibility index (Phi) is 8.41. The van der Waals surface area contributed by atoms with Gasteiger partial charge < -0.3 is 20.3 Å². The zero-order valence-corrected chi connectivity index (χ0v) is 9.35. The second kappa shape index (κ2) is 9.08. The number of ether oxygens (including phenoxy) is 2. The number of carboxylic acid groups (broad SMARTS) is 1. The molecule has 0 heterocycles. The first-order valence-electron chi connectivity index (χ1n) is 4.85. The average molecular weight is 234 g/mol. The number of carbonyl (C=O) groups is 2. The van der Waals surface area contributed by atoms with Crippen molar-refractivity contribution < 1.29 is 24.2 Å². The van der Waals surface area contributed by atoms with Crippen LogP contribution in [0.25, 0.3) is 0 Å². The maximum atomic E-state index is 10.7. The first-order valence-corrected chi connectivity index (χ1v) is 4.85. The molecule has 7 heteroatoms. The van der Waals surface area contributed by atoms with Gasteiger partial charge in [0.25, 0.3) is 0 Å². The molecule has 0 radical (unpaired) electrons. The van der Waals surface area contributed by atoms with Crippen LogP contribution in [0.5, 0.6) is 0 Å². The van der Waals surface area contributed by atoms with Crippen LogP contribution < -0.4 is 5.73 Å². The highest BCUT2D eigenvalue weighted by Crippen LogP contribution is 1.88. The Bertz CT molecular complexity index is 206. The lowest BCUT2D eigenvalue weighted by atomic mass is 10.4. The topological polar surface area (TPSA) is 102 Å². The molecule has 0 saturated carbocycles. The lowest BCUT2D eigenvalue weighted by Gasteiger charge is -2.17. The number of hydrogen-bond donors (Lipinski definition) is 2. The molecule has 0 rings (SSSR count). The van der Waals surface area contributed by atoms with Crippen molar-refractivity contribution in [2.24, 2.45) is 5.73 Å². The maximum absolute atomic E-state index is 10.7. The molecular weight excluding hydrogens is 216 g/mol. The van der Waals surface area contributed by atoms with Gasteiger partial charge in [0, 0.05) is 13.7 Å². The fraction of sp³-hybridized carbons (Fsp3) is 0.778. The van der Waals surface area contributed by atoms with Crippen molar-refractivity contribution in [3.8, 4) is 0 Å². The van der Waals surface area contributed by atoms with E-state index in [1.54, 1.807) is 7.11 Å². The van der Waals surface area contributed by atoms with Crippen molar-refractivity contribution in [3.63, 3.8) is 0 Å². The molecular formula is C9H18N2O5. The lowest BCUT2D eigenvalue weighted by molar-refractivity contribution is -0.138. The van der Waals surface area contributed by atoms with E-state index in [9.17, 15) is 9.59 Å². The van der Waals surface area contributed by atoms with E-state index in [4.69, 9.17) is 20.3 Å². The monoisotopic (exact) mass is 234 g/mol. The van der Waals surface area contributed by atoms with Crippen LogP contribution in [0.1, 0.15) is 0 Å². The number of methoxy groups -OCH3 is 1. The zero-order valence-electron chi connectivity index (χ0n) is 9.35. The summed E-state index contributed by atoms with van der Waals surface area (Å²) in [5.41, 5.74) is 4.99. The van der Waals surface area contributed by atoms with Crippen molar-refractivity contribution >= 4 is 11.9 Å². The van der Waals surface area contributed by atoms with Crippen molar-refractivity contribution in [2.45, 2.75) is 0 Å². The van der Waals surface area contributed by atoms with E-state index in [1.165, 1.54) is 4.90 Å². The predicted octanol–water partition coefficient (Wildman–Crippen LogP) is -1.48. The van der Waals surface area contributed by atoms with Crippen LogP contribution in [0.2, 0.25) is 0 Å². The molecule has 0 atom stereocenters. The first kappa shape index (κ1) is 14.8. The van der Waals surface area contributed by atoms with Gasteiger partial charge in [-0.1, -0.05) is 0 Å². The molecule has 0 fully saturated rings. The number of carbonyl (C=O) groups excluding carboxylic acids is 1. The molecule has 0 aromatic carbocycles. The molecule has 1 amide bonds. The van der Waals surface area contributed by atoms with E-state index < -0.39 is 11.9 Å². The summed E-state index contributed by atoms with van der Waals surface area (Å²) < 4.78 is 9.93. The number of nitrogens with two attached hydrogens (primary N) is 1. The standard InChI is InChI=1S/C9H18N2O5/c1-15-4-5-16-3-2-11(6-8(10)12)7-9(13)14/h2-7H2,1H3,(H2,10,12)(H,13,14). The number of primary amides is 1. The van der Waals surface area contributed by atoms with Gasteiger partial charge in [-0.3, -0.25) is 14.5 Å². The summed E-state index contributed by atoms with van der Waals surface area (Å²) in [6.45, 7) is 1.29. The SMILES string of the molecule is COCCOCCN(CC(N)=O)CC(=O)O. The van der Waals surface area contributed by atoms with Crippen LogP contribution in [0.4, 0.5) is 0 Å². The van der Waals surface area contributed by atoms with Gasteiger partial charge in [0.15, 0.2) is 0 Å². The average Bonchev–Trinajstić information content (AvgIpc) is 2.15. The Hall–Kier alpha value is -1.18. The van der Waals surface area contributed by atoms with Crippen LogP contribution in [-0.4, -0.2) is 68.4 Å². The van der Waals surface area contributed by atoms with Gasteiger partial charge in [-0.25, -0.2) is 0 Å². The van der Waals surface area contributed by atoms with E-state index in [2.05, 4.69) is 0 Å². The van der Waals surface area contributed by atoms with E-state index >= 15 is 0 Å². The van der Waals surface area contributed by atoms with Crippen molar-refractivity contribution in [3.05, 3.63) is 0 Å². The number of carboxylic acids is 1. The third-order valence-electron chi connectivity index (χ3n) is 1.72. The lowest BCUT2D eigenvalue weighted by Crippen LogP contribution is -2.39. The van der Waals surface area contributed by atoms with E-state index in [0.29, 0.717) is 26.4 Å². The fourth-order valence-corrected chi connectivity index (χ4v) is 1.06. The predicted molar refractivity (Wildman–Crippen MR) is 56.0 cm³/mol.